The highest BCUT2D eigenvalue weighted by Gasteiger charge is 2.22. The number of nitrogens with zero attached hydrogens (tertiary/aromatic N) is 3. The quantitative estimate of drug-likeness (QED) is 0.684. The van der Waals surface area contributed by atoms with Crippen LogP contribution in [0, 0.1) is 6.92 Å². The molecular weight excluding hydrogens is 264 g/mol. The van der Waals surface area contributed by atoms with Crippen molar-refractivity contribution < 1.29 is 0 Å². The number of hydrogen-bond acceptors (Lipinski definition) is 5. The van der Waals surface area contributed by atoms with E-state index in [0.717, 1.165) is 28.1 Å². The third-order valence-corrected chi connectivity index (χ3v) is 3.57. The summed E-state index contributed by atoms with van der Waals surface area (Å²) >= 11 is 0. The Balaban J connectivity index is 1.60. The van der Waals surface area contributed by atoms with Crippen LogP contribution in [-0.4, -0.2) is 26.0 Å². The number of hydrogen-bond donors (Lipinski definition) is 3. The van der Waals surface area contributed by atoms with Crippen LogP contribution in [0.15, 0.2) is 30.7 Å². The predicted octanol–water partition coefficient (Wildman–Crippen LogP) is 2.98. The number of fused-ring (bicyclic) bond motifs is 1. The Kier molecular flexibility index (Phi) is 2.73. The van der Waals surface area contributed by atoms with E-state index in [2.05, 4.69) is 30.6 Å². The summed E-state index contributed by atoms with van der Waals surface area (Å²) in [7, 11) is 0. The molecule has 3 aromatic rings. The lowest BCUT2D eigenvalue weighted by molar-refractivity contribution is 1.06. The van der Waals surface area contributed by atoms with Crippen LogP contribution in [0.2, 0.25) is 0 Å². The van der Waals surface area contributed by atoms with E-state index in [1.54, 1.807) is 6.33 Å². The van der Waals surface area contributed by atoms with E-state index in [0.29, 0.717) is 12.0 Å². The fourth-order valence-electron chi connectivity index (χ4n) is 2.21. The number of aromatic nitrogens is 4. The van der Waals surface area contributed by atoms with Crippen molar-refractivity contribution in [3.05, 3.63) is 36.3 Å². The summed E-state index contributed by atoms with van der Waals surface area (Å²) in [6, 6.07) is 6.51. The lowest BCUT2D eigenvalue weighted by Crippen LogP contribution is -2.07. The van der Waals surface area contributed by atoms with Crippen LogP contribution in [0.4, 0.5) is 17.5 Å². The SMILES string of the molecule is Cc1cnc(Nc2ccc3nc[nH]c3c2)nc1NC1CC1. The van der Waals surface area contributed by atoms with E-state index in [4.69, 9.17) is 0 Å². The molecule has 6 heteroatoms. The Labute approximate surface area is 122 Å². The predicted molar refractivity (Wildman–Crippen MR) is 82.8 cm³/mol. The van der Waals surface area contributed by atoms with Crippen molar-refractivity contribution in [2.45, 2.75) is 25.8 Å². The maximum Gasteiger partial charge on any atom is 0.229 e. The summed E-state index contributed by atoms with van der Waals surface area (Å²) in [5, 5.41) is 6.67. The standard InChI is InChI=1S/C15H16N6/c1-9-7-16-15(21-14(9)19-10-2-3-10)20-11-4-5-12-13(6-11)18-8-17-12/h4-8,10H,2-3H2,1H3,(H,17,18)(H2,16,19,20,21). The molecule has 106 valence electrons. The largest absolute Gasteiger partial charge is 0.367 e. The van der Waals surface area contributed by atoms with Crippen molar-refractivity contribution in [1.29, 1.82) is 0 Å². The second-order valence-electron chi connectivity index (χ2n) is 5.40. The van der Waals surface area contributed by atoms with Crippen LogP contribution in [-0.2, 0) is 0 Å². The van der Waals surface area contributed by atoms with Gasteiger partial charge in [-0.15, -0.1) is 0 Å². The molecule has 0 saturated heterocycles. The number of aryl methyl sites for hydroxylation is 1. The number of H-pyrrole nitrogens is 1. The van der Waals surface area contributed by atoms with Gasteiger partial charge in [0, 0.05) is 23.5 Å². The number of aromatic amines is 1. The van der Waals surface area contributed by atoms with Crippen LogP contribution in [0.25, 0.3) is 11.0 Å². The molecule has 3 N–H and O–H groups in total. The van der Waals surface area contributed by atoms with Crippen molar-refractivity contribution in [3.63, 3.8) is 0 Å². The van der Waals surface area contributed by atoms with Gasteiger partial charge in [-0.2, -0.15) is 4.98 Å². The van der Waals surface area contributed by atoms with Crippen molar-refractivity contribution in [2.24, 2.45) is 0 Å². The first-order valence-corrected chi connectivity index (χ1v) is 7.08. The Morgan fingerprint density at radius 1 is 1.24 bits per heavy atom. The minimum absolute atomic E-state index is 0.577. The molecule has 0 spiro atoms. The van der Waals surface area contributed by atoms with Gasteiger partial charge < -0.3 is 15.6 Å². The fourth-order valence-corrected chi connectivity index (χ4v) is 2.21. The molecule has 0 bridgehead atoms. The average Bonchev–Trinajstić information content (AvgIpc) is 3.17. The summed E-state index contributed by atoms with van der Waals surface area (Å²) in [6.07, 6.45) is 5.98. The molecule has 0 atom stereocenters. The average molecular weight is 280 g/mol. The molecule has 0 aliphatic heterocycles. The Morgan fingerprint density at radius 2 is 2.14 bits per heavy atom. The number of rotatable bonds is 4. The topological polar surface area (TPSA) is 78.5 Å². The van der Waals surface area contributed by atoms with Crippen LogP contribution in [0.3, 0.4) is 0 Å². The Hall–Kier alpha value is -2.63. The molecule has 2 heterocycles. The smallest absolute Gasteiger partial charge is 0.229 e. The van der Waals surface area contributed by atoms with Crippen LogP contribution in [0.5, 0.6) is 0 Å². The number of nitrogens with one attached hydrogen (secondary N) is 3. The van der Waals surface area contributed by atoms with E-state index < -0.39 is 0 Å². The molecular formula is C15H16N6. The second kappa shape index (κ2) is 4.73. The first-order valence-electron chi connectivity index (χ1n) is 7.08. The Morgan fingerprint density at radius 3 is 3.00 bits per heavy atom. The number of anilines is 3. The van der Waals surface area contributed by atoms with E-state index >= 15 is 0 Å². The van der Waals surface area contributed by atoms with Crippen LogP contribution in [0.1, 0.15) is 18.4 Å². The Bertz CT molecular complexity index is 790. The zero-order valence-corrected chi connectivity index (χ0v) is 11.7. The highest BCUT2D eigenvalue weighted by atomic mass is 15.2. The summed E-state index contributed by atoms with van der Waals surface area (Å²) in [5.41, 5.74) is 3.94. The van der Waals surface area contributed by atoms with E-state index in [9.17, 15) is 0 Å². The summed E-state index contributed by atoms with van der Waals surface area (Å²) in [5.74, 6) is 1.51. The van der Waals surface area contributed by atoms with Gasteiger partial charge in [0.1, 0.15) is 5.82 Å². The molecule has 1 aliphatic carbocycles. The van der Waals surface area contributed by atoms with Crippen molar-refractivity contribution >= 4 is 28.5 Å². The summed E-state index contributed by atoms with van der Waals surface area (Å²) in [6.45, 7) is 2.02. The monoisotopic (exact) mass is 280 g/mol. The summed E-state index contributed by atoms with van der Waals surface area (Å²) in [4.78, 5) is 16.2. The lowest BCUT2D eigenvalue weighted by atomic mass is 10.3. The maximum atomic E-state index is 4.56. The van der Waals surface area contributed by atoms with Gasteiger partial charge in [0.15, 0.2) is 0 Å². The van der Waals surface area contributed by atoms with Gasteiger partial charge in [-0.25, -0.2) is 9.97 Å². The van der Waals surface area contributed by atoms with Gasteiger partial charge in [0.05, 0.1) is 17.4 Å². The molecule has 1 fully saturated rings. The van der Waals surface area contributed by atoms with Crippen LogP contribution >= 0.6 is 0 Å². The third-order valence-electron chi connectivity index (χ3n) is 3.57. The molecule has 4 rings (SSSR count). The number of benzene rings is 1. The van der Waals surface area contributed by atoms with Gasteiger partial charge in [-0.1, -0.05) is 0 Å². The molecule has 6 nitrogen and oxygen atoms in total. The first kappa shape index (κ1) is 12.1. The highest BCUT2D eigenvalue weighted by Crippen LogP contribution is 2.26. The van der Waals surface area contributed by atoms with Crippen molar-refractivity contribution in [2.75, 3.05) is 10.6 Å². The fraction of sp³-hybridized carbons (Fsp3) is 0.267. The maximum absolute atomic E-state index is 4.56. The van der Waals surface area contributed by atoms with Gasteiger partial charge in [-0.3, -0.25) is 0 Å². The molecule has 21 heavy (non-hydrogen) atoms. The van der Waals surface area contributed by atoms with Gasteiger partial charge in [0.25, 0.3) is 0 Å². The minimum Gasteiger partial charge on any atom is -0.367 e. The normalized spacial score (nSPS) is 14.3. The van der Waals surface area contributed by atoms with Gasteiger partial charge in [0.2, 0.25) is 5.95 Å². The molecule has 1 aliphatic rings. The number of imidazole rings is 1. The van der Waals surface area contributed by atoms with Gasteiger partial charge >= 0.3 is 0 Å². The third kappa shape index (κ3) is 2.52. The van der Waals surface area contributed by atoms with Crippen molar-refractivity contribution in [1.82, 2.24) is 19.9 Å². The highest BCUT2D eigenvalue weighted by molar-refractivity contribution is 5.79. The molecule has 0 unspecified atom stereocenters. The van der Waals surface area contributed by atoms with Gasteiger partial charge in [-0.05, 0) is 38.0 Å². The zero-order valence-electron chi connectivity index (χ0n) is 11.7. The van der Waals surface area contributed by atoms with E-state index in [1.165, 1.54) is 12.8 Å². The minimum atomic E-state index is 0.577. The van der Waals surface area contributed by atoms with Crippen LogP contribution < -0.4 is 10.6 Å². The molecule has 0 radical (unpaired) electrons. The molecule has 0 amide bonds. The molecule has 1 aromatic carbocycles. The first-order chi connectivity index (χ1) is 10.3. The van der Waals surface area contributed by atoms with E-state index in [1.807, 2.05) is 31.3 Å². The second-order valence-corrected chi connectivity index (χ2v) is 5.40. The molecule has 2 aromatic heterocycles. The molecule has 1 saturated carbocycles. The zero-order chi connectivity index (χ0) is 14.2. The lowest BCUT2D eigenvalue weighted by Gasteiger charge is -2.10. The van der Waals surface area contributed by atoms with Crippen molar-refractivity contribution in [3.8, 4) is 0 Å². The summed E-state index contributed by atoms with van der Waals surface area (Å²) < 4.78 is 0. The van der Waals surface area contributed by atoms with E-state index in [-0.39, 0.29) is 0 Å².